The fraction of sp³-hybridized carbons (Fsp3) is 0.211. The van der Waals surface area contributed by atoms with E-state index in [2.05, 4.69) is 15.5 Å². The van der Waals surface area contributed by atoms with Gasteiger partial charge in [-0.2, -0.15) is 0 Å². The van der Waals surface area contributed by atoms with Gasteiger partial charge in [0.25, 0.3) is 5.22 Å². The Balaban J connectivity index is 1.63. The number of carbonyl (C=O) groups excluding carboxylic acids is 1. The van der Waals surface area contributed by atoms with Crippen molar-refractivity contribution in [1.82, 2.24) is 10.2 Å². The third-order valence-corrected chi connectivity index (χ3v) is 4.72. The summed E-state index contributed by atoms with van der Waals surface area (Å²) < 4.78 is 10.8. The molecule has 0 saturated carbocycles. The van der Waals surface area contributed by atoms with Crippen molar-refractivity contribution in [2.45, 2.75) is 24.3 Å². The number of hydrogen-bond acceptors (Lipinski definition) is 6. The van der Waals surface area contributed by atoms with Gasteiger partial charge < -0.3 is 14.5 Å². The predicted molar refractivity (Wildman–Crippen MR) is 101 cm³/mol. The van der Waals surface area contributed by atoms with E-state index >= 15 is 0 Å². The smallest absolute Gasteiger partial charge is 0.277 e. The lowest BCUT2D eigenvalue weighted by molar-refractivity contribution is -0.115. The van der Waals surface area contributed by atoms with Crippen LogP contribution < -0.4 is 10.1 Å². The van der Waals surface area contributed by atoms with Crippen molar-refractivity contribution in [2.24, 2.45) is 0 Å². The Hall–Kier alpha value is -2.80. The van der Waals surface area contributed by atoms with Gasteiger partial charge in [0.2, 0.25) is 11.8 Å². The summed E-state index contributed by atoms with van der Waals surface area (Å²) in [5.74, 6) is 1.05. The molecule has 7 heteroatoms. The normalized spacial score (nSPS) is 11.8. The molecule has 6 nitrogen and oxygen atoms in total. The van der Waals surface area contributed by atoms with E-state index in [0.29, 0.717) is 16.8 Å². The molecule has 3 rings (SSSR count). The van der Waals surface area contributed by atoms with E-state index in [1.165, 1.54) is 11.8 Å². The molecule has 0 saturated heterocycles. The fourth-order valence-electron chi connectivity index (χ4n) is 2.30. The van der Waals surface area contributed by atoms with Crippen LogP contribution in [0.4, 0.5) is 5.69 Å². The highest BCUT2D eigenvalue weighted by Gasteiger charge is 2.19. The van der Waals surface area contributed by atoms with Gasteiger partial charge in [-0.05, 0) is 49.7 Å². The lowest BCUT2D eigenvalue weighted by Gasteiger charge is -2.10. The first-order valence-electron chi connectivity index (χ1n) is 8.08. The molecular formula is C19H19N3O3S. The molecule has 2 aromatic carbocycles. The molecule has 1 aromatic heterocycles. The molecule has 0 aliphatic heterocycles. The Morgan fingerprint density at radius 3 is 2.58 bits per heavy atom. The Labute approximate surface area is 156 Å². The van der Waals surface area contributed by atoms with Gasteiger partial charge in [-0.3, -0.25) is 4.79 Å². The summed E-state index contributed by atoms with van der Waals surface area (Å²) in [6.45, 7) is 3.78. The average molecular weight is 369 g/mol. The van der Waals surface area contributed by atoms with E-state index < -0.39 is 0 Å². The maximum atomic E-state index is 12.3. The van der Waals surface area contributed by atoms with E-state index in [-0.39, 0.29) is 11.2 Å². The summed E-state index contributed by atoms with van der Waals surface area (Å²) in [6.07, 6.45) is 0. The van der Waals surface area contributed by atoms with Crippen LogP contribution in [0.25, 0.3) is 11.5 Å². The minimum Gasteiger partial charge on any atom is -0.497 e. The maximum Gasteiger partial charge on any atom is 0.277 e. The van der Waals surface area contributed by atoms with Gasteiger partial charge in [0.05, 0.1) is 12.4 Å². The number of amides is 1. The summed E-state index contributed by atoms with van der Waals surface area (Å²) in [7, 11) is 1.60. The summed E-state index contributed by atoms with van der Waals surface area (Å²) in [5.41, 5.74) is 2.65. The number of ether oxygens (including phenoxy) is 1. The average Bonchev–Trinajstić information content (AvgIpc) is 3.11. The minimum atomic E-state index is -0.387. The van der Waals surface area contributed by atoms with E-state index in [1.807, 2.05) is 31.2 Å². The predicted octanol–water partition coefficient (Wildman–Crippen LogP) is 4.17. The first kappa shape index (κ1) is 18.0. The van der Waals surface area contributed by atoms with Gasteiger partial charge in [-0.1, -0.05) is 30.0 Å². The largest absolute Gasteiger partial charge is 0.497 e. The van der Waals surface area contributed by atoms with Crippen LogP contribution in [-0.2, 0) is 4.79 Å². The first-order chi connectivity index (χ1) is 12.6. The molecule has 0 bridgehead atoms. The quantitative estimate of drug-likeness (QED) is 0.657. The lowest BCUT2D eigenvalue weighted by atomic mass is 10.1. The minimum absolute atomic E-state index is 0.143. The second-order valence-electron chi connectivity index (χ2n) is 5.67. The van der Waals surface area contributed by atoms with E-state index in [4.69, 9.17) is 9.15 Å². The Bertz CT molecular complexity index is 893. The topological polar surface area (TPSA) is 77.2 Å². The molecule has 0 radical (unpaired) electrons. The number of methoxy groups -OCH3 is 1. The number of thioether (sulfide) groups is 1. The van der Waals surface area contributed by atoms with Gasteiger partial charge >= 0.3 is 0 Å². The molecule has 0 aliphatic rings. The van der Waals surface area contributed by atoms with Crippen LogP contribution in [-0.4, -0.2) is 28.5 Å². The molecule has 0 spiro atoms. The van der Waals surface area contributed by atoms with Crippen LogP contribution in [0.2, 0.25) is 0 Å². The number of aryl methyl sites for hydroxylation is 1. The van der Waals surface area contributed by atoms with E-state index in [9.17, 15) is 4.79 Å². The van der Waals surface area contributed by atoms with Gasteiger partial charge in [0.15, 0.2) is 0 Å². The summed E-state index contributed by atoms with van der Waals surface area (Å²) in [5, 5.41) is 10.9. The lowest BCUT2D eigenvalue weighted by Crippen LogP contribution is -2.22. The van der Waals surface area contributed by atoms with Crippen molar-refractivity contribution >= 4 is 23.4 Å². The van der Waals surface area contributed by atoms with Crippen molar-refractivity contribution in [1.29, 1.82) is 0 Å². The highest BCUT2D eigenvalue weighted by atomic mass is 32.2. The molecule has 134 valence electrons. The molecule has 0 fully saturated rings. The van der Waals surface area contributed by atoms with Crippen LogP contribution in [0.5, 0.6) is 5.75 Å². The van der Waals surface area contributed by atoms with Crippen LogP contribution in [0.15, 0.2) is 58.2 Å². The number of carbonyl (C=O) groups is 1. The first-order valence-corrected chi connectivity index (χ1v) is 8.96. The zero-order valence-corrected chi connectivity index (χ0v) is 15.5. The van der Waals surface area contributed by atoms with Gasteiger partial charge in [0.1, 0.15) is 5.75 Å². The number of nitrogens with zero attached hydrogens (tertiary/aromatic N) is 2. The summed E-state index contributed by atoms with van der Waals surface area (Å²) in [6, 6.07) is 14.9. The third kappa shape index (κ3) is 4.23. The molecule has 1 heterocycles. The molecule has 1 atom stereocenters. The fourth-order valence-corrected chi connectivity index (χ4v) is 2.99. The number of benzene rings is 2. The summed E-state index contributed by atoms with van der Waals surface area (Å²) in [4.78, 5) is 12.3. The number of aromatic nitrogens is 2. The van der Waals surface area contributed by atoms with Gasteiger partial charge in [-0.15, -0.1) is 10.2 Å². The van der Waals surface area contributed by atoms with Crippen LogP contribution in [0, 0.1) is 6.92 Å². The molecule has 1 amide bonds. The van der Waals surface area contributed by atoms with E-state index in [0.717, 1.165) is 16.9 Å². The molecular weight excluding hydrogens is 350 g/mol. The number of rotatable bonds is 6. The second-order valence-corrected chi connectivity index (χ2v) is 6.96. The third-order valence-electron chi connectivity index (χ3n) is 3.79. The molecule has 3 aromatic rings. The number of anilines is 1. The van der Waals surface area contributed by atoms with Crippen molar-refractivity contribution in [2.75, 3.05) is 12.4 Å². The zero-order chi connectivity index (χ0) is 18.5. The highest BCUT2D eigenvalue weighted by molar-refractivity contribution is 8.00. The Morgan fingerprint density at radius 1 is 1.15 bits per heavy atom. The van der Waals surface area contributed by atoms with Crippen molar-refractivity contribution < 1.29 is 13.9 Å². The standard InChI is InChI=1S/C19H19N3O3S/c1-12-6-4-5-7-16(12)18-21-22-19(25-18)26-13(2)17(23)20-14-8-10-15(24-3)11-9-14/h4-11,13H,1-3H3,(H,20,23)/t13-/m0/s1. The van der Waals surface area contributed by atoms with Crippen molar-refractivity contribution in [3.05, 3.63) is 54.1 Å². The van der Waals surface area contributed by atoms with Crippen LogP contribution in [0.3, 0.4) is 0 Å². The van der Waals surface area contributed by atoms with Crippen molar-refractivity contribution in [3.63, 3.8) is 0 Å². The molecule has 1 N–H and O–H groups in total. The zero-order valence-electron chi connectivity index (χ0n) is 14.7. The number of nitrogens with one attached hydrogen (secondary N) is 1. The maximum absolute atomic E-state index is 12.3. The Morgan fingerprint density at radius 2 is 1.88 bits per heavy atom. The Kier molecular flexibility index (Phi) is 5.58. The molecule has 0 unspecified atom stereocenters. The molecule has 26 heavy (non-hydrogen) atoms. The van der Waals surface area contributed by atoms with Crippen LogP contribution >= 0.6 is 11.8 Å². The SMILES string of the molecule is COc1ccc(NC(=O)[C@H](C)Sc2nnc(-c3ccccc3C)o2)cc1. The van der Waals surface area contributed by atoms with Crippen LogP contribution in [0.1, 0.15) is 12.5 Å². The molecule has 0 aliphatic carbocycles. The second kappa shape index (κ2) is 8.05. The summed E-state index contributed by atoms with van der Waals surface area (Å²) >= 11 is 1.22. The monoisotopic (exact) mass is 369 g/mol. The number of hydrogen-bond donors (Lipinski definition) is 1. The van der Waals surface area contributed by atoms with Gasteiger partial charge in [-0.25, -0.2) is 0 Å². The highest BCUT2D eigenvalue weighted by Crippen LogP contribution is 2.28. The van der Waals surface area contributed by atoms with Crippen molar-refractivity contribution in [3.8, 4) is 17.2 Å². The van der Waals surface area contributed by atoms with E-state index in [1.54, 1.807) is 38.3 Å². The van der Waals surface area contributed by atoms with Gasteiger partial charge in [0, 0.05) is 11.3 Å².